The number of nitrogens with one attached hydrogen (secondary N) is 1. The van der Waals surface area contributed by atoms with Gasteiger partial charge in [0.25, 0.3) is 0 Å². The van der Waals surface area contributed by atoms with Crippen LogP contribution in [-0.2, 0) is 0 Å². The van der Waals surface area contributed by atoms with Crippen LogP contribution in [0.25, 0.3) is 0 Å². The molecular weight excluding hydrogens is 229 g/mol. The summed E-state index contributed by atoms with van der Waals surface area (Å²) in [7, 11) is 0. The summed E-state index contributed by atoms with van der Waals surface area (Å²) in [5, 5.41) is 12.9. The minimum absolute atomic E-state index is 0.200. The quantitative estimate of drug-likeness (QED) is 0.836. The maximum atomic E-state index is 13.5. The second kappa shape index (κ2) is 5.02. The van der Waals surface area contributed by atoms with Crippen LogP contribution in [0.3, 0.4) is 0 Å². The molecule has 4 heteroatoms. The second-order valence-corrected chi connectivity index (χ2v) is 4.65. The fourth-order valence-corrected chi connectivity index (χ4v) is 2.28. The first-order chi connectivity index (χ1) is 7.66. The third kappa shape index (κ3) is 2.66. The van der Waals surface area contributed by atoms with Gasteiger partial charge in [-0.2, -0.15) is 0 Å². The fraction of sp³-hybridized carbons (Fsp3) is 0.500. The third-order valence-corrected chi connectivity index (χ3v) is 3.32. The number of rotatable bonds is 2. The molecule has 0 bridgehead atoms. The lowest BCUT2D eigenvalue weighted by atomic mass is 9.93. The van der Waals surface area contributed by atoms with E-state index >= 15 is 0 Å². The van der Waals surface area contributed by atoms with E-state index in [4.69, 9.17) is 11.6 Å². The molecule has 0 heterocycles. The molecule has 16 heavy (non-hydrogen) atoms. The highest BCUT2D eigenvalue weighted by Crippen LogP contribution is 2.28. The van der Waals surface area contributed by atoms with Crippen molar-refractivity contribution in [2.75, 3.05) is 5.32 Å². The van der Waals surface area contributed by atoms with Gasteiger partial charge in [0, 0.05) is 6.04 Å². The van der Waals surface area contributed by atoms with Crippen molar-refractivity contribution in [3.63, 3.8) is 0 Å². The molecule has 0 aliphatic heterocycles. The molecule has 2 N–H and O–H groups in total. The van der Waals surface area contributed by atoms with E-state index in [0.717, 1.165) is 25.7 Å². The average molecular weight is 244 g/mol. The van der Waals surface area contributed by atoms with Gasteiger partial charge >= 0.3 is 0 Å². The summed E-state index contributed by atoms with van der Waals surface area (Å²) >= 11 is 5.93. The van der Waals surface area contributed by atoms with E-state index in [9.17, 15) is 9.50 Å². The van der Waals surface area contributed by atoms with Gasteiger partial charge in [0.2, 0.25) is 0 Å². The van der Waals surface area contributed by atoms with Gasteiger partial charge in [0.15, 0.2) is 0 Å². The molecule has 1 fully saturated rings. The van der Waals surface area contributed by atoms with Crippen LogP contribution < -0.4 is 5.32 Å². The zero-order chi connectivity index (χ0) is 11.5. The molecule has 0 amide bonds. The molecule has 1 aliphatic rings. The highest BCUT2D eigenvalue weighted by Gasteiger charge is 2.20. The van der Waals surface area contributed by atoms with E-state index in [1.165, 1.54) is 6.07 Å². The van der Waals surface area contributed by atoms with Crippen LogP contribution in [0.15, 0.2) is 18.2 Å². The van der Waals surface area contributed by atoms with Crippen molar-refractivity contribution in [2.45, 2.75) is 37.8 Å². The lowest BCUT2D eigenvalue weighted by Gasteiger charge is -2.27. The summed E-state index contributed by atoms with van der Waals surface area (Å²) < 4.78 is 13.5. The molecule has 0 aromatic heterocycles. The lowest BCUT2D eigenvalue weighted by Crippen LogP contribution is -2.28. The summed E-state index contributed by atoms with van der Waals surface area (Å²) in [5.74, 6) is -0.321. The van der Waals surface area contributed by atoms with Crippen LogP contribution in [0.4, 0.5) is 10.1 Å². The molecular formula is C12H15ClFNO. The summed E-state index contributed by atoms with van der Waals surface area (Å²) in [5.41, 5.74) is 0.380. The van der Waals surface area contributed by atoms with E-state index in [2.05, 4.69) is 5.32 Å². The third-order valence-electron chi connectivity index (χ3n) is 3.01. The lowest BCUT2D eigenvalue weighted by molar-refractivity contribution is 0.126. The van der Waals surface area contributed by atoms with Gasteiger partial charge in [0.1, 0.15) is 5.82 Å². The molecule has 1 aromatic rings. The number of aliphatic hydroxyl groups excluding tert-OH is 1. The molecule has 0 unspecified atom stereocenters. The Kier molecular flexibility index (Phi) is 3.66. The Morgan fingerprint density at radius 3 is 2.56 bits per heavy atom. The van der Waals surface area contributed by atoms with Crippen LogP contribution in [0.1, 0.15) is 25.7 Å². The SMILES string of the molecule is OC1CCC(Nc2c(F)cccc2Cl)CC1. The van der Waals surface area contributed by atoms with Gasteiger partial charge in [-0.3, -0.25) is 0 Å². The Bertz CT molecular complexity index is 344. The van der Waals surface area contributed by atoms with Gasteiger partial charge in [0.05, 0.1) is 16.8 Å². The maximum Gasteiger partial charge on any atom is 0.147 e. The van der Waals surface area contributed by atoms with Crippen LogP contribution in [0.2, 0.25) is 5.02 Å². The van der Waals surface area contributed by atoms with E-state index < -0.39 is 0 Å². The molecule has 0 spiro atoms. The van der Waals surface area contributed by atoms with Crippen molar-refractivity contribution >= 4 is 17.3 Å². The first-order valence-corrected chi connectivity index (χ1v) is 5.93. The molecule has 2 rings (SSSR count). The summed E-state index contributed by atoms with van der Waals surface area (Å²) in [6.45, 7) is 0. The molecule has 1 saturated carbocycles. The highest BCUT2D eigenvalue weighted by molar-refractivity contribution is 6.33. The summed E-state index contributed by atoms with van der Waals surface area (Å²) in [4.78, 5) is 0. The molecule has 1 aromatic carbocycles. The van der Waals surface area contributed by atoms with E-state index in [0.29, 0.717) is 10.7 Å². The topological polar surface area (TPSA) is 32.3 Å². The van der Waals surface area contributed by atoms with Crippen LogP contribution in [0, 0.1) is 5.82 Å². The van der Waals surface area contributed by atoms with Gasteiger partial charge in [-0.05, 0) is 37.8 Å². The zero-order valence-electron chi connectivity index (χ0n) is 8.92. The first kappa shape index (κ1) is 11.7. The van der Waals surface area contributed by atoms with E-state index in [1.54, 1.807) is 12.1 Å². The van der Waals surface area contributed by atoms with E-state index in [1.807, 2.05) is 0 Å². The second-order valence-electron chi connectivity index (χ2n) is 4.25. The minimum Gasteiger partial charge on any atom is -0.393 e. The average Bonchev–Trinajstić information content (AvgIpc) is 2.26. The first-order valence-electron chi connectivity index (χ1n) is 5.55. The van der Waals surface area contributed by atoms with Crippen molar-refractivity contribution in [1.82, 2.24) is 0 Å². The van der Waals surface area contributed by atoms with Crippen molar-refractivity contribution in [2.24, 2.45) is 0 Å². The number of aliphatic hydroxyl groups is 1. The Morgan fingerprint density at radius 1 is 1.25 bits per heavy atom. The minimum atomic E-state index is -0.321. The van der Waals surface area contributed by atoms with Crippen molar-refractivity contribution in [1.29, 1.82) is 0 Å². The Balaban J connectivity index is 2.04. The Labute approximate surface area is 99.4 Å². The van der Waals surface area contributed by atoms with Gasteiger partial charge in [-0.15, -0.1) is 0 Å². The smallest absolute Gasteiger partial charge is 0.147 e. The van der Waals surface area contributed by atoms with Crippen LogP contribution >= 0.6 is 11.6 Å². The number of anilines is 1. The molecule has 0 atom stereocenters. The fourth-order valence-electron chi connectivity index (χ4n) is 2.06. The number of para-hydroxylation sites is 1. The van der Waals surface area contributed by atoms with Crippen LogP contribution in [0.5, 0.6) is 0 Å². The van der Waals surface area contributed by atoms with Crippen molar-refractivity contribution in [3.05, 3.63) is 29.0 Å². The van der Waals surface area contributed by atoms with Crippen LogP contribution in [-0.4, -0.2) is 17.3 Å². The summed E-state index contributed by atoms with van der Waals surface area (Å²) in [6.07, 6.45) is 3.04. The molecule has 0 radical (unpaired) electrons. The van der Waals surface area contributed by atoms with Crippen molar-refractivity contribution in [3.8, 4) is 0 Å². The van der Waals surface area contributed by atoms with E-state index in [-0.39, 0.29) is 18.0 Å². The molecule has 88 valence electrons. The standard InChI is InChI=1S/C12H15ClFNO/c13-10-2-1-3-11(14)12(10)15-8-4-6-9(16)7-5-8/h1-3,8-9,15-16H,4-7H2. The van der Waals surface area contributed by atoms with Gasteiger partial charge in [-0.1, -0.05) is 17.7 Å². The Morgan fingerprint density at radius 2 is 1.94 bits per heavy atom. The highest BCUT2D eigenvalue weighted by atomic mass is 35.5. The maximum absolute atomic E-state index is 13.5. The predicted molar refractivity (Wildman–Crippen MR) is 63.3 cm³/mol. The Hall–Kier alpha value is -0.800. The number of halogens is 2. The normalized spacial score (nSPS) is 25.4. The summed E-state index contributed by atoms with van der Waals surface area (Å²) in [6, 6.07) is 4.86. The molecule has 2 nitrogen and oxygen atoms in total. The number of benzene rings is 1. The van der Waals surface area contributed by atoms with Crippen molar-refractivity contribution < 1.29 is 9.50 Å². The van der Waals surface area contributed by atoms with Gasteiger partial charge in [-0.25, -0.2) is 4.39 Å². The zero-order valence-corrected chi connectivity index (χ0v) is 9.67. The molecule has 1 aliphatic carbocycles. The predicted octanol–water partition coefficient (Wildman–Crippen LogP) is 3.19. The number of hydrogen-bond donors (Lipinski definition) is 2. The number of hydrogen-bond acceptors (Lipinski definition) is 2. The monoisotopic (exact) mass is 243 g/mol. The van der Waals surface area contributed by atoms with Gasteiger partial charge < -0.3 is 10.4 Å². The molecule has 0 saturated heterocycles. The largest absolute Gasteiger partial charge is 0.393 e.